The lowest BCUT2D eigenvalue weighted by Crippen LogP contribution is -2.19. The van der Waals surface area contributed by atoms with E-state index < -0.39 is 23.1 Å². The van der Waals surface area contributed by atoms with Crippen molar-refractivity contribution in [2.24, 2.45) is 0 Å². The predicted octanol–water partition coefficient (Wildman–Crippen LogP) is 5.55. The van der Waals surface area contributed by atoms with Crippen LogP contribution in [0.5, 0.6) is 46.0 Å². The highest BCUT2D eigenvalue weighted by Crippen LogP contribution is 2.42. The molecule has 0 aliphatic carbocycles. The standard InChI is InChI=1S/C36H34O12/c1-41-21-9-19(10-22(13-21)42-2)33(37)35(39)27-17-31(47-7)29(45-5)15-25(27)26-16-30(46-6)32(48-8)18-28(26)36(40)34(38)20-11-23(43-3)14-24(12-20)44-4/h9-18H,1-8H3. The first-order valence-electron chi connectivity index (χ1n) is 14.2. The molecule has 0 saturated carbocycles. The van der Waals surface area contributed by atoms with Crippen molar-refractivity contribution in [1.82, 2.24) is 0 Å². The normalized spacial score (nSPS) is 10.4. The Kier molecular flexibility index (Phi) is 10.9. The van der Waals surface area contributed by atoms with Gasteiger partial charge in [-0.15, -0.1) is 0 Å². The molecule has 0 atom stereocenters. The predicted molar refractivity (Wildman–Crippen MR) is 174 cm³/mol. The number of Topliss-reactive ketones (excluding diaryl/α,β-unsaturated/α-hetero) is 4. The Balaban J connectivity index is 1.99. The van der Waals surface area contributed by atoms with Gasteiger partial charge in [0, 0.05) is 34.4 Å². The van der Waals surface area contributed by atoms with Gasteiger partial charge in [-0.3, -0.25) is 19.2 Å². The Labute approximate surface area is 277 Å². The van der Waals surface area contributed by atoms with Crippen molar-refractivity contribution in [2.45, 2.75) is 0 Å². The van der Waals surface area contributed by atoms with E-state index >= 15 is 0 Å². The summed E-state index contributed by atoms with van der Waals surface area (Å²) in [5, 5.41) is 0. The van der Waals surface area contributed by atoms with Crippen LogP contribution in [0.4, 0.5) is 0 Å². The van der Waals surface area contributed by atoms with Crippen molar-refractivity contribution in [3.8, 4) is 57.1 Å². The Morgan fingerprint density at radius 1 is 0.333 bits per heavy atom. The number of methoxy groups -OCH3 is 8. The van der Waals surface area contributed by atoms with Crippen LogP contribution < -0.4 is 37.9 Å². The topological polar surface area (TPSA) is 142 Å². The van der Waals surface area contributed by atoms with Crippen molar-refractivity contribution in [2.75, 3.05) is 56.9 Å². The zero-order valence-corrected chi connectivity index (χ0v) is 27.7. The summed E-state index contributed by atoms with van der Waals surface area (Å²) in [4.78, 5) is 55.7. The average molecular weight is 659 g/mol. The average Bonchev–Trinajstić information content (AvgIpc) is 3.14. The molecular weight excluding hydrogens is 624 g/mol. The minimum Gasteiger partial charge on any atom is -0.497 e. The first-order valence-corrected chi connectivity index (χ1v) is 14.2. The number of hydrogen-bond acceptors (Lipinski definition) is 12. The molecule has 0 aromatic heterocycles. The van der Waals surface area contributed by atoms with E-state index in [0.29, 0.717) is 23.0 Å². The Morgan fingerprint density at radius 3 is 0.854 bits per heavy atom. The molecule has 4 aromatic carbocycles. The first kappa shape index (κ1) is 34.8. The van der Waals surface area contributed by atoms with Crippen molar-refractivity contribution < 1.29 is 57.1 Å². The molecule has 0 spiro atoms. The van der Waals surface area contributed by atoms with E-state index in [1.165, 1.54) is 105 Å². The van der Waals surface area contributed by atoms with Gasteiger partial charge in [-0.25, -0.2) is 0 Å². The van der Waals surface area contributed by atoms with Crippen LogP contribution in [-0.4, -0.2) is 80.0 Å². The van der Waals surface area contributed by atoms with Gasteiger partial charge < -0.3 is 37.9 Å². The smallest absolute Gasteiger partial charge is 0.234 e. The summed E-state index contributed by atoms with van der Waals surface area (Å²) in [6.45, 7) is 0. The lowest BCUT2D eigenvalue weighted by Gasteiger charge is -2.19. The second kappa shape index (κ2) is 15.0. The van der Waals surface area contributed by atoms with E-state index in [-0.39, 0.29) is 56.4 Å². The number of ether oxygens (including phenoxy) is 8. The number of ketones is 4. The number of hydrogen-bond donors (Lipinski definition) is 0. The number of carbonyl (C=O) groups is 4. The molecule has 0 unspecified atom stereocenters. The van der Waals surface area contributed by atoms with Gasteiger partial charge in [0.15, 0.2) is 23.0 Å². The van der Waals surface area contributed by atoms with Gasteiger partial charge >= 0.3 is 0 Å². The van der Waals surface area contributed by atoms with Gasteiger partial charge in [-0.1, -0.05) is 0 Å². The molecular formula is C36H34O12. The second-order valence-electron chi connectivity index (χ2n) is 10.0. The third-order valence-electron chi connectivity index (χ3n) is 7.47. The maximum absolute atomic E-state index is 14.1. The molecule has 4 aromatic rings. The quantitative estimate of drug-likeness (QED) is 0.117. The number of carbonyl (C=O) groups excluding carboxylic acids is 4. The van der Waals surface area contributed by atoms with Crippen LogP contribution in [0.3, 0.4) is 0 Å². The van der Waals surface area contributed by atoms with Gasteiger partial charge in [-0.05, 0) is 59.7 Å². The molecule has 0 saturated heterocycles. The van der Waals surface area contributed by atoms with Crippen LogP contribution in [0.1, 0.15) is 41.4 Å². The Hall–Kier alpha value is -6.04. The maximum Gasteiger partial charge on any atom is 0.234 e. The van der Waals surface area contributed by atoms with E-state index in [0.717, 1.165) is 0 Å². The highest BCUT2D eigenvalue weighted by atomic mass is 16.5. The van der Waals surface area contributed by atoms with Crippen LogP contribution in [0.2, 0.25) is 0 Å². The van der Waals surface area contributed by atoms with Crippen LogP contribution in [0.25, 0.3) is 11.1 Å². The van der Waals surface area contributed by atoms with Crippen molar-refractivity contribution in [1.29, 1.82) is 0 Å². The lowest BCUT2D eigenvalue weighted by molar-refractivity contribution is 0.0815. The summed E-state index contributed by atoms with van der Waals surface area (Å²) in [6.07, 6.45) is 0. The van der Waals surface area contributed by atoms with Gasteiger partial charge in [0.1, 0.15) is 23.0 Å². The molecule has 12 nitrogen and oxygen atoms in total. The lowest BCUT2D eigenvalue weighted by atomic mass is 9.87. The van der Waals surface area contributed by atoms with Crippen molar-refractivity contribution in [3.05, 3.63) is 82.9 Å². The summed E-state index contributed by atoms with van der Waals surface area (Å²) in [5.74, 6) is -1.96. The Morgan fingerprint density at radius 2 is 0.604 bits per heavy atom. The van der Waals surface area contributed by atoms with Crippen molar-refractivity contribution >= 4 is 23.1 Å². The molecule has 0 heterocycles. The fraction of sp³-hybridized carbons (Fsp3) is 0.222. The van der Waals surface area contributed by atoms with Crippen molar-refractivity contribution in [3.63, 3.8) is 0 Å². The summed E-state index contributed by atoms with van der Waals surface area (Å²) in [7, 11) is 11.2. The zero-order chi connectivity index (χ0) is 35.1. The van der Waals surface area contributed by atoms with Gasteiger partial charge in [0.25, 0.3) is 0 Å². The molecule has 0 fully saturated rings. The molecule has 12 heteroatoms. The maximum atomic E-state index is 14.1. The fourth-order valence-corrected chi connectivity index (χ4v) is 4.96. The second-order valence-corrected chi connectivity index (χ2v) is 10.0. The van der Waals surface area contributed by atoms with Gasteiger partial charge in [0.05, 0.1) is 56.9 Å². The minimum absolute atomic E-state index is 0.0114. The number of rotatable bonds is 15. The third-order valence-corrected chi connectivity index (χ3v) is 7.47. The van der Waals surface area contributed by atoms with Crippen LogP contribution in [-0.2, 0) is 0 Å². The largest absolute Gasteiger partial charge is 0.497 e. The third kappa shape index (κ3) is 6.87. The van der Waals surface area contributed by atoms with Crippen LogP contribution in [0.15, 0.2) is 60.7 Å². The number of benzene rings is 4. The monoisotopic (exact) mass is 658 g/mol. The minimum atomic E-state index is -0.960. The SMILES string of the molecule is COc1cc(OC)cc(C(=O)C(=O)c2cc(OC)c(OC)cc2-c2cc(OC)c(OC)cc2C(=O)C(=O)c2cc(OC)cc(OC)c2)c1. The summed E-state index contributed by atoms with van der Waals surface area (Å²) < 4.78 is 43.1. The van der Waals surface area contributed by atoms with E-state index in [9.17, 15) is 19.2 Å². The fourth-order valence-electron chi connectivity index (χ4n) is 4.96. The highest BCUT2D eigenvalue weighted by Gasteiger charge is 2.30. The summed E-state index contributed by atoms with van der Waals surface area (Å²) >= 11 is 0. The zero-order valence-electron chi connectivity index (χ0n) is 27.7. The van der Waals surface area contributed by atoms with Crippen LogP contribution in [0, 0.1) is 0 Å². The molecule has 0 aliphatic rings. The molecule has 0 radical (unpaired) electrons. The molecule has 4 rings (SSSR count). The highest BCUT2D eigenvalue weighted by molar-refractivity contribution is 6.52. The van der Waals surface area contributed by atoms with Gasteiger partial charge in [-0.2, -0.15) is 0 Å². The summed E-state index contributed by atoms with van der Waals surface area (Å²) in [6, 6.07) is 14.2. The van der Waals surface area contributed by atoms with Gasteiger partial charge in [0.2, 0.25) is 23.1 Å². The van der Waals surface area contributed by atoms with E-state index in [4.69, 9.17) is 37.9 Å². The molecule has 0 amide bonds. The van der Waals surface area contributed by atoms with E-state index in [1.54, 1.807) is 12.1 Å². The summed E-state index contributed by atoms with van der Waals surface area (Å²) in [5.41, 5.74) is -0.194. The van der Waals surface area contributed by atoms with E-state index in [1.807, 2.05) is 0 Å². The Bertz CT molecular complexity index is 1710. The molecule has 250 valence electrons. The van der Waals surface area contributed by atoms with E-state index in [2.05, 4.69) is 0 Å². The van der Waals surface area contributed by atoms with Crippen LogP contribution >= 0.6 is 0 Å². The molecule has 0 aliphatic heterocycles. The molecule has 0 N–H and O–H groups in total. The molecule has 0 bridgehead atoms. The molecule has 48 heavy (non-hydrogen) atoms. The first-order chi connectivity index (χ1) is 23.1.